The molecule has 108 valence electrons. The first-order chi connectivity index (χ1) is 9.69. The predicted molar refractivity (Wildman–Crippen MR) is 75.2 cm³/mol. The van der Waals surface area contributed by atoms with Crippen LogP contribution in [-0.2, 0) is 9.47 Å². The Balaban J connectivity index is 1.87. The Morgan fingerprint density at radius 2 is 1.75 bits per heavy atom. The largest absolute Gasteiger partial charge is 0.388 e. The summed E-state index contributed by atoms with van der Waals surface area (Å²) in [6.07, 6.45) is 1.88. The van der Waals surface area contributed by atoms with Gasteiger partial charge in [0.2, 0.25) is 0 Å². The second-order valence-corrected chi connectivity index (χ2v) is 5.47. The van der Waals surface area contributed by atoms with E-state index in [1.54, 1.807) is 6.08 Å². The van der Waals surface area contributed by atoms with E-state index in [1.807, 2.05) is 18.2 Å². The van der Waals surface area contributed by atoms with Crippen LogP contribution in [0.5, 0.6) is 0 Å². The number of aliphatic hydroxyl groups excluding tert-OH is 2. The quantitative estimate of drug-likeness (QED) is 0.747. The van der Waals surface area contributed by atoms with Gasteiger partial charge in [0.15, 0.2) is 0 Å². The lowest BCUT2D eigenvalue weighted by Gasteiger charge is -2.21. The maximum Gasteiger partial charge on any atom is 0.0837 e. The normalized spacial score (nSPS) is 26.9. The fourth-order valence-corrected chi connectivity index (χ4v) is 2.61. The van der Waals surface area contributed by atoms with Gasteiger partial charge in [-0.15, -0.1) is 0 Å². The highest BCUT2D eigenvalue weighted by Crippen LogP contribution is 2.35. The van der Waals surface area contributed by atoms with Crippen LogP contribution in [0.1, 0.15) is 41.7 Å². The summed E-state index contributed by atoms with van der Waals surface area (Å²) in [5, 5.41) is 20.8. The van der Waals surface area contributed by atoms with Crippen LogP contribution in [0.25, 0.3) is 6.08 Å². The monoisotopic (exact) mass is 276 g/mol. The van der Waals surface area contributed by atoms with Gasteiger partial charge in [0.05, 0.1) is 37.6 Å². The molecule has 4 nitrogen and oxygen atoms in total. The summed E-state index contributed by atoms with van der Waals surface area (Å²) in [7, 11) is 0. The average Bonchev–Trinajstić information content (AvgIpc) is 3.33. The number of ether oxygens (including phenoxy) is 2. The van der Waals surface area contributed by atoms with Crippen molar-refractivity contribution in [2.45, 2.75) is 37.3 Å². The predicted octanol–water partition coefficient (Wildman–Crippen LogP) is 1.97. The molecule has 2 heterocycles. The van der Waals surface area contributed by atoms with Gasteiger partial charge in [0, 0.05) is 12.8 Å². The van der Waals surface area contributed by atoms with Gasteiger partial charge in [0.25, 0.3) is 0 Å². The zero-order chi connectivity index (χ0) is 14.1. The number of benzene rings is 1. The molecule has 3 rings (SSSR count). The van der Waals surface area contributed by atoms with Crippen LogP contribution in [0.2, 0.25) is 0 Å². The smallest absolute Gasteiger partial charge is 0.0837 e. The van der Waals surface area contributed by atoms with Gasteiger partial charge in [-0.3, -0.25) is 0 Å². The highest BCUT2D eigenvalue weighted by molar-refractivity contribution is 5.55. The molecule has 0 aliphatic carbocycles. The summed E-state index contributed by atoms with van der Waals surface area (Å²) in [5.41, 5.74) is 2.41. The first-order valence-electron chi connectivity index (χ1n) is 7.03. The molecule has 2 aliphatic heterocycles. The number of rotatable bonds is 7. The van der Waals surface area contributed by atoms with Crippen molar-refractivity contribution in [1.29, 1.82) is 0 Å². The highest BCUT2D eigenvalue weighted by Gasteiger charge is 2.31. The van der Waals surface area contributed by atoms with Gasteiger partial charge in [-0.05, 0) is 16.7 Å². The third-order valence-electron chi connectivity index (χ3n) is 3.86. The van der Waals surface area contributed by atoms with E-state index in [2.05, 4.69) is 6.58 Å². The van der Waals surface area contributed by atoms with Crippen LogP contribution in [0.15, 0.2) is 24.8 Å². The lowest BCUT2D eigenvalue weighted by Crippen LogP contribution is -2.11. The first kappa shape index (κ1) is 13.8. The minimum Gasteiger partial charge on any atom is -0.388 e. The molecule has 2 saturated heterocycles. The van der Waals surface area contributed by atoms with Gasteiger partial charge < -0.3 is 19.7 Å². The Kier molecular flexibility index (Phi) is 3.89. The summed E-state index contributed by atoms with van der Waals surface area (Å²) >= 11 is 0. The zero-order valence-electron chi connectivity index (χ0n) is 11.4. The molecule has 1 aromatic rings. The fraction of sp³-hybridized carbons (Fsp3) is 0.500. The molecule has 1 aromatic carbocycles. The average molecular weight is 276 g/mol. The van der Waals surface area contributed by atoms with Crippen molar-refractivity contribution in [3.05, 3.63) is 41.5 Å². The van der Waals surface area contributed by atoms with E-state index >= 15 is 0 Å². The molecule has 2 N–H and O–H groups in total. The first-order valence-corrected chi connectivity index (χ1v) is 7.03. The van der Waals surface area contributed by atoms with Crippen molar-refractivity contribution in [2.75, 3.05) is 13.2 Å². The molecule has 0 bridgehead atoms. The van der Waals surface area contributed by atoms with Crippen LogP contribution in [0.3, 0.4) is 0 Å². The van der Waals surface area contributed by atoms with E-state index in [0.29, 0.717) is 26.1 Å². The van der Waals surface area contributed by atoms with Crippen LogP contribution in [0.4, 0.5) is 0 Å². The van der Waals surface area contributed by atoms with Crippen molar-refractivity contribution in [1.82, 2.24) is 0 Å². The van der Waals surface area contributed by atoms with E-state index in [-0.39, 0.29) is 12.2 Å². The topological polar surface area (TPSA) is 65.5 Å². The molecular weight excluding hydrogens is 256 g/mol. The van der Waals surface area contributed by atoms with Gasteiger partial charge in [-0.25, -0.2) is 0 Å². The van der Waals surface area contributed by atoms with E-state index in [4.69, 9.17) is 9.47 Å². The second-order valence-electron chi connectivity index (χ2n) is 5.47. The Bertz CT molecular complexity index is 491. The SMILES string of the molecule is C=Cc1cccc(C(O)CC2CO2)c1C(O)CC1CO1. The molecule has 0 aromatic heterocycles. The zero-order valence-corrected chi connectivity index (χ0v) is 11.4. The Hall–Kier alpha value is -1.20. The van der Waals surface area contributed by atoms with E-state index in [0.717, 1.165) is 16.7 Å². The maximum atomic E-state index is 10.5. The summed E-state index contributed by atoms with van der Waals surface area (Å²) in [6.45, 7) is 5.22. The van der Waals surface area contributed by atoms with E-state index < -0.39 is 12.2 Å². The summed E-state index contributed by atoms with van der Waals surface area (Å²) in [5.74, 6) is 0. The van der Waals surface area contributed by atoms with Crippen molar-refractivity contribution < 1.29 is 19.7 Å². The van der Waals surface area contributed by atoms with Crippen molar-refractivity contribution >= 4 is 6.08 Å². The van der Waals surface area contributed by atoms with E-state index in [9.17, 15) is 10.2 Å². The standard InChI is InChI=1S/C16H20O4/c1-2-10-4-3-5-13(14(17)6-11-8-19-11)16(10)15(18)7-12-9-20-12/h2-5,11-12,14-15,17-18H,1,6-9H2. The molecule has 2 fully saturated rings. The van der Waals surface area contributed by atoms with Crippen molar-refractivity contribution in [3.8, 4) is 0 Å². The molecule has 4 heteroatoms. The molecule has 0 saturated carbocycles. The lowest BCUT2D eigenvalue weighted by atomic mass is 9.90. The highest BCUT2D eigenvalue weighted by atomic mass is 16.6. The minimum atomic E-state index is -0.638. The fourth-order valence-electron chi connectivity index (χ4n) is 2.61. The third kappa shape index (κ3) is 3.10. The molecular formula is C16H20O4. The molecule has 0 amide bonds. The third-order valence-corrected chi connectivity index (χ3v) is 3.86. The van der Waals surface area contributed by atoms with Gasteiger partial charge in [0.1, 0.15) is 0 Å². The summed E-state index contributed by atoms with van der Waals surface area (Å²) in [6, 6.07) is 5.66. The summed E-state index contributed by atoms with van der Waals surface area (Å²) < 4.78 is 10.4. The minimum absolute atomic E-state index is 0.139. The Morgan fingerprint density at radius 1 is 1.15 bits per heavy atom. The van der Waals surface area contributed by atoms with Crippen LogP contribution >= 0.6 is 0 Å². The lowest BCUT2D eigenvalue weighted by molar-refractivity contribution is 0.131. The Labute approximate surface area is 118 Å². The number of epoxide rings is 2. The molecule has 0 radical (unpaired) electrons. The van der Waals surface area contributed by atoms with Gasteiger partial charge >= 0.3 is 0 Å². The molecule has 2 aliphatic rings. The number of hydrogen-bond acceptors (Lipinski definition) is 4. The molecule has 0 spiro atoms. The Morgan fingerprint density at radius 3 is 2.30 bits per heavy atom. The number of aliphatic hydroxyl groups is 2. The van der Waals surface area contributed by atoms with Gasteiger partial charge in [-0.1, -0.05) is 30.9 Å². The second kappa shape index (κ2) is 5.66. The van der Waals surface area contributed by atoms with Crippen molar-refractivity contribution in [2.24, 2.45) is 0 Å². The molecule has 4 unspecified atom stereocenters. The van der Waals surface area contributed by atoms with Gasteiger partial charge in [-0.2, -0.15) is 0 Å². The van der Waals surface area contributed by atoms with Crippen LogP contribution < -0.4 is 0 Å². The van der Waals surface area contributed by atoms with Crippen LogP contribution in [0, 0.1) is 0 Å². The van der Waals surface area contributed by atoms with E-state index in [1.165, 1.54) is 0 Å². The number of hydrogen-bond donors (Lipinski definition) is 2. The molecule has 4 atom stereocenters. The molecule has 20 heavy (non-hydrogen) atoms. The van der Waals surface area contributed by atoms with Crippen LogP contribution in [-0.4, -0.2) is 35.6 Å². The van der Waals surface area contributed by atoms with Crippen molar-refractivity contribution in [3.63, 3.8) is 0 Å². The summed E-state index contributed by atoms with van der Waals surface area (Å²) in [4.78, 5) is 0. The maximum absolute atomic E-state index is 10.5.